The number of aromatic amines is 1. The summed E-state index contributed by atoms with van der Waals surface area (Å²) in [5.41, 5.74) is 2.37. The van der Waals surface area contributed by atoms with E-state index in [1.165, 1.54) is 12.1 Å². The van der Waals surface area contributed by atoms with Crippen molar-refractivity contribution < 1.29 is 14.0 Å². The fourth-order valence-electron chi connectivity index (χ4n) is 4.92. The third-order valence-electron chi connectivity index (χ3n) is 6.64. The van der Waals surface area contributed by atoms with Crippen molar-refractivity contribution in [3.05, 3.63) is 53.4 Å². The van der Waals surface area contributed by atoms with Crippen molar-refractivity contribution in [2.45, 2.75) is 44.1 Å². The summed E-state index contributed by atoms with van der Waals surface area (Å²) in [5.74, 6) is 0.0946. The van der Waals surface area contributed by atoms with E-state index in [-0.39, 0.29) is 30.0 Å². The third-order valence-corrected chi connectivity index (χ3v) is 6.64. The van der Waals surface area contributed by atoms with Gasteiger partial charge in [0.25, 0.3) is 0 Å². The number of aromatic nitrogens is 2. The van der Waals surface area contributed by atoms with Crippen LogP contribution in [0, 0.1) is 11.7 Å². The lowest BCUT2D eigenvalue weighted by molar-refractivity contribution is -0.145. The Morgan fingerprint density at radius 3 is 2.72 bits per heavy atom. The lowest BCUT2D eigenvalue weighted by Gasteiger charge is -2.50. The molecule has 1 aromatic carbocycles. The van der Waals surface area contributed by atoms with Crippen molar-refractivity contribution in [1.82, 2.24) is 19.8 Å². The summed E-state index contributed by atoms with van der Waals surface area (Å²) in [6.45, 7) is 1.87. The van der Waals surface area contributed by atoms with Crippen LogP contribution in [0.15, 0.2) is 30.6 Å². The van der Waals surface area contributed by atoms with Crippen LogP contribution in [0.3, 0.4) is 0 Å². The van der Waals surface area contributed by atoms with Gasteiger partial charge in [0.15, 0.2) is 0 Å². The van der Waals surface area contributed by atoms with Crippen molar-refractivity contribution >= 4 is 11.8 Å². The first kappa shape index (κ1) is 18.3. The van der Waals surface area contributed by atoms with Gasteiger partial charge in [0.05, 0.1) is 24.0 Å². The number of amides is 2. The van der Waals surface area contributed by atoms with Gasteiger partial charge in [-0.3, -0.25) is 9.59 Å². The number of carbonyl (C=O) groups excluding carboxylic acids is 2. The molecule has 3 heterocycles. The zero-order chi connectivity index (χ0) is 20.0. The second kappa shape index (κ2) is 6.97. The van der Waals surface area contributed by atoms with Gasteiger partial charge in [-0.2, -0.15) is 0 Å². The number of H-pyrrole nitrogens is 1. The molecule has 0 unspecified atom stereocenters. The molecule has 1 saturated carbocycles. The molecule has 1 saturated heterocycles. The summed E-state index contributed by atoms with van der Waals surface area (Å²) in [7, 11) is 0. The summed E-state index contributed by atoms with van der Waals surface area (Å²) in [4.78, 5) is 37.5. The molecule has 2 aromatic rings. The smallest absolute Gasteiger partial charge is 0.226 e. The molecule has 0 atom stereocenters. The average molecular weight is 396 g/mol. The molecule has 0 bridgehead atoms. The molecule has 1 aromatic heterocycles. The summed E-state index contributed by atoms with van der Waals surface area (Å²) in [5, 5.41) is 0. The molecule has 6 nitrogen and oxygen atoms in total. The summed E-state index contributed by atoms with van der Waals surface area (Å²) < 4.78 is 13.4. The highest BCUT2D eigenvalue weighted by molar-refractivity contribution is 5.82. The minimum absolute atomic E-state index is 0.00331. The Labute approximate surface area is 169 Å². The number of piperidine rings is 1. The van der Waals surface area contributed by atoms with Crippen LogP contribution < -0.4 is 0 Å². The number of benzene rings is 1. The van der Waals surface area contributed by atoms with E-state index in [1.54, 1.807) is 18.5 Å². The van der Waals surface area contributed by atoms with Crippen LogP contribution in [-0.4, -0.2) is 51.2 Å². The van der Waals surface area contributed by atoms with E-state index >= 15 is 0 Å². The molecule has 2 amide bonds. The van der Waals surface area contributed by atoms with E-state index < -0.39 is 5.54 Å². The number of imidazole rings is 1. The average Bonchev–Trinajstić information content (AvgIpc) is 3.45. The van der Waals surface area contributed by atoms with Crippen LogP contribution in [0.4, 0.5) is 4.39 Å². The van der Waals surface area contributed by atoms with Gasteiger partial charge in [-0.25, -0.2) is 9.37 Å². The van der Waals surface area contributed by atoms with Gasteiger partial charge in [-0.15, -0.1) is 0 Å². The number of rotatable bonds is 3. The second-order valence-electron chi connectivity index (χ2n) is 8.46. The van der Waals surface area contributed by atoms with Gasteiger partial charge < -0.3 is 14.8 Å². The van der Waals surface area contributed by atoms with Gasteiger partial charge >= 0.3 is 0 Å². The number of hydrogen-bond acceptors (Lipinski definition) is 3. The first-order valence-corrected chi connectivity index (χ1v) is 10.4. The number of carbonyl (C=O) groups is 2. The van der Waals surface area contributed by atoms with Crippen LogP contribution in [0.2, 0.25) is 0 Å². The molecular formula is C22H25FN4O2. The summed E-state index contributed by atoms with van der Waals surface area (Å²) >= 11 is 0. The zero-order valence-corrected chi connectivity index (χ0v) is 16.4. The fourth-order valence-corrected chi connectivity index (χ4v) is 4.92. The maximum Gasteiger partial charge on any atom is 0.226 e. The number of hydrogen-bond donors (Lipinski definition) is 1. The van der Waals surface area contributed by atoms with Gasteiger partial charge in [0.1, 0.15) is 5.82 Å². The molecule has 2 fully saturated rings. The summed E-state index contributed by atoms with van der Waals surface area (Å²) in [6.07, 6.45) is 6.07. The predicted molar refractivity (Wildman–Crippen MR) is 104 cm³/mol. The normalized spacial score (nSPS) is 20.6. The quantitative estimate of drug-likeness (QED) is 0.866. The first-order valence-electron chi connectivity index (χ1n) is 10.4. The highest BCUT2D eigenvalue weighted by Gasteiger charge is 2.51. The van der Waals surface area contributed by atoms with E-state index in [9.17, 15) is 14.0 Å². The van der Waals surface area contributed by atoms with E-state index in [1.807, 2.05) is 4.90 Å². The van der Waals surface area contributed by atoms with Gasteiger partial charge in [-0.1, -0.05) is 12.1 Å². The zero-order valence-electron chi connectivity index (χ0n) is 16.4. The molecule has 1 spiro atoms. The topological polar surface area (TPSA) is 69.3 Å². The third kappa shape index (κ3) is 3.22. The van der Waals surface area contributed by atoms with Crippen LogP contribution in [0.5, 0.6) is 0 Å². The number of nitrogens with one attached hydrogen (secondary N) is 1. The van der Waals surface area contributed by atoms with Gasteiger partial charge in [0.2, 0.25) is 11.8 Å². The van der Waals surface area contributed by atoms with E-state index in [0.29, 0.717) is 38.0 Å². The monoisotopic (exact) mass is 396 g/mol. The Bertz CT molecular complexity index is 944. The van der Waals surface area contributed by atoms with Crippen LogP contribution in [0.1, 0.15) is 42.6 Å². The molecule has 0 radical (unpaired) electrons. The van der Waals surface area contributed by atoms with Crippen molar-refractivity contribution in [1.29, 1.82) is 0 Å². The molecule has 29 heavy (non-hydrogen) atoms. The Morgan fingerprint density at radius 2 is 2.00 bits per heavy atom. The Hall–Kier alpha value is -2.70. The number of likely N-dealkylation sites (tertiary alicyclic amines) is 1. The van der Waals surface area contributed by atoms with E-state index in [0.717, 1.165) is 30.7 Å². The molecule has 152 valence electrons. The maximum atomic E-state index is 13.4. The number of fused-ring (bicyclic) bond motifs is 2. The molecular weight excluding hydrogens is 371 g/mol. The molecule has 1 N–H and O–H groups in total. The molecule has 2 aliphatic heterocycles. The Kier molecular flexibility index (Phi) is 4.41. The van der Waals surface area contributed by atoms with Crippen LogP contribution >= 0.6 is 0 Å². The minimum atomic E-state index is -0.414. The standard InChI is InChI=1S/C22H25FN4O2/c23-17-3-1-2-15(12-17)13-19(28)26-10-7-22(8-11-26)20-18(24-14-25-20)6-9-27(22)21(29)16-4-5-16/h1-3,12,14,16H,4-11,13H2,(H,24,25). The maximum absolute atomic E-state index is 13.4. The van der Waals surface area contributed by atoms with Crippen LogP contribution in [-0.2, 0) is 28.0 Å². The molecule has 3 aliphatic rings. The molecule has 7 heteroatoms. The lowest BCUT2D eigenvalue weighted by atomic mass is 9.78. The van der Waals surface area contributed by atoms with Crippen molar-refractivity contribution in [3.8, 4) is 0 Å². The second-order valence-corrected chi connectivity index (χ2v) is 8.46. The van der Waals surface area contributed by atoms with Gasteiger partial charge in [0, 0.05) is 37.7 Å². The highest BCUT2D eigenvalue weighted by Crippen LogP contribution is 2.45. The number of halogens is 1. The van der Waals surface area contributed by atoms with Crippen LogP contribution in [0.25, 0.3) is 0 Å². The lowest BCUT2D eigenvalue weighted by Crippen LogP contribution is -2.59. The van der Waals surface area contributed by atoms with Crippen molar-refractivity contribution in [2.24, 2.45) is 5.92 Å². The molecule has 1 aliphatic carbocycles. The largest absolute Gasteiger partial charge is 0.348 e. The van der Waals surface area contributed by atoms with Gasteiger partial charge in [-0.05, 0) is 43.4 Å². The van der Waals surface area contributed by atoms with E-state index in [2.05, 4.69) is 14.9 Å². The predicted octanol–water partition coefficient (Wildman–Crippen LogP) is 2.40. The highest BCUT2D eigenvalue weighted by atomic mass is 19.1. The Morgan fingerprint density at radius 1 is 1.21 bits per heavy atom. The number of nitrogens with zero attached hydrogens (tertiary/aromatic N) is 3. The minimum Gasteiger partial charge on any atom is -0.348 e. The van der Waals surface area contributed by atoms with E-state index in [4.69, 9.17) is 0 Å². The van der Waals surface area contributed by atoms with Crippen molar-refractivity contribution in [2.75, 3.05) is 19.6 Å². The first-order chi connectivity index (χ1) is 14.1. The fraction of sp³-hybridized carbons (Fsp3) is 0.500. The van der Waals surface area contributed by atoms with Crippen molar-refractivity contribution in [3.63, 3.8) is 0 Å². The molecule has 5 rings (SSSR count). The summed E-state index contributed by atoms with van der Waals surface area (Å²) in [6, 6.07) is 6.20. The SMILES string of the molecule is O=C(Cc1cccc(F)c1)N1CCC2(CC1)c1nc[nH]c1CCN2C(=O)C1CC1. The Balaban J connectivity index is 1.34.